The first-order chi connectivity index (χ1) is 11.9. The molecule has 6 nitrogen and oxygen atoms in total. The van der Waals surface area contributed by atoms with E-state index in [-0.39, 0.29) is 6.09 Å². The van der Waals surface area contributed by atoms with Gasteiger partial charge in [-0.1, -0.05) is 6.07 Å². The second-order valence-electron chi connectivity index (χ2n) is 7.57. The average Bonchev–Trinajstić information content (AvgIpc) is 2.98. The highest BCUT2D eigenvalue weighted by Crippen LogP contribution is 2.28. The molecule has 2 aliphatic heterocycles. The van der Waals surface area contributed by atoms with Crippen molar-refractivity contribution in [3.8, 4) is 5.75 Å². The minimum absolute atomic E-state index is 0.265. The van der Waals surface area contributed by atoms with Gasteiger partial charge < -0.3 is 14.2 Å². The van der Waals surface area contributed by atoms with Crippen molar-refractivity contribution in [1.82, 2.24) is 9.80 Å². The van der Waals surface area contributed by atoms with Crippen LogP contribution in [0.3, 0.4) is 0 Å². The second kappa shape index (κ2) is 7.62. The van der Waals surface area contributed by atoms with Crippen molar-refractivity contribution in [2.24, 2.45) is 0 Å². The predicted molar refractivity (Wildman–Crippen MR) is 94.7 cm³/mol. The van der Waals surface area contributed by atoms with Gasteiger partial charge in [-0.25, -0.2) is 4.79 Å². The number of carbonyl (C=O) groups excluding carboxylic acids is 1. The Balaban J connectivity index is 1.50. The normalized spacial score (nSPS) is 18.1. The van der Waals surface area contributed by atoms with E-state index in [0.29, 0.717) is 19.7 Å². The summed E-state index contributed by atoms with van der Waals surface area (Å²) in [5.74, 6) is 0.859. The van der Waals surface area contributed by atoms with Gasteiger partial charge >= 0.3 is 6.09 Å². The lowest BCUT2D eigenvalue weighted by atomic mass is 10.1. The van der Waals surface area contributed by atoms with Crippen LogP contribution in [0, 0.1) is 0 Å². The number of fused-ring (bicyclic) bond motifs is 1. The largest absolute Gasteiger partial charge is 0.492 e. The third-order valence-electron chi connectivity index (χ3n) is 4.33. The molecule has 2 heterocycles. The Morgan fingerprint density at radius 1 is 1.16 bits per heavy atom. The molecule has 0 aromatic heterocycles. The monoisotopic (exact) mass is 348 g/mol. The molecular weight excluding hydrogens is 320 g/mol. The Bertz CT molecular complexity index is 606. The molecule has 0 aliphatic carbocycles. The number of hydrogen-bond donors (Lipinski definition) is 0. The lowest BCUT2D eigenvalue weighted by Gasteiger charge is -2.26. The minimum atomic E-state index is -0.473. The fourth-order valence-corrected chi connectivity index (χ4v) is 3.03. The molecule has 3 rings (SSSR count). The quantitative estimate of drug-likeness (QED) is 0.837. The van der Waals surface area contributed by atoms with Crippen LogP contribution >= 0.6 is 0 Å². The molecule has 0 bridgehead atoms. The lowest BCUT2D eigenvalue weighted by molar-refractivity contribution is 0.0241. The van der Waals surface area contributed by atoms with Crippen LogP contribution in [0.15, 0.2) is 18.2 Å². The molecular formula is C19H28N2O4. The Morgan fingerprint density at radius 2 is 1.88 bits per heavy atom. The summed E-state index contributed by atoms with van der Waals surface area (Å²) in [5, 5.41) is 0. The smallest absolute Gasteiger partial charge is 0.410 e. The fraction of sp³-hybridized carbons (Fsp3) is 0.632. The highest BCUT2D eigenvalue weighted by Gasteiger charge is 2.27. The van der Waals surface area contributed by atoms with E-state index >= 15 is 0 Å². The summed E-state index contributed by atoms with van der Waals surface area (Å²) >= 11 is 0. The first-order valence-corrected chi connectivity index (χ1v) is 8.93. The second-order valence-corrected chi connectivity index (χ2v) is 7.57. The van der Waals surface area contributed by atoms with Crippen molar-refractivity contribution < 1.29 is 19.0 Å². The van der Waals surface area contributed by atoms with Gasteiger partial charge in [-0.05, 0) is 44.0 Å². The van der Waals surface area contributed by atoms with Crippen LogP contribution in [0.1, 0.15) is 31.9 Å². The Kier molecular flexibility index (Phi) is 5.49. The van der Waals surface area contributed by atoms with E-state index in [1.54, 1.807) is 4.90 Å². The van der Waals surface area contributed by atoms with Gasteiger partial charge in [0.2, 0.25) is 0 Å². The number of benzene rings is 1. The van der Waals surface area contributed by atoms with E-state index in [1.165, 1.54) is 0 Å². The van der Waals surface area contributed by atoms with Gasteiger partial charge in [0, 0.05) is 32.7 Å². The Morgan fingerprint density at radius 3 is 2.60 bits per heavy atom. The molecule has 25 heavy (non-hydrogen) atoms. The van der Waals surface area contributed by atoms with Crippen LogP contribution in [0.4, 0.5) is 4.79 Å². The third kappa shape index (κ3) is 5.09. The van der Waals surface area contributed by atoms with E-state index in [4.69, 9.17) is 14.2 Å². The zero-order valence-corrected chi connectivity index (χ0v) is 15.4. The van der Waals surface area contributed by atoms with Gasteiger partial charge in [0.1, 0.15) is 18.0 Å². The molecule has 0 unspecified atom stereocenters. The number of morpholine rings is 1. The fourth-order valence-electron chi connectivity index (χ4n) is 3.03. The maximum atomic E-state index is 12.2. The van der Waals surface area contributed by atoms with Crippen LogP contribution in [0.25, 0.3) is 0 Å². The molecule has 0 radical (unpaired) electrons. The summed E-state index contributed by atoms with van der Waals surface area (Å²) in [4.78, 5) is 16.3. The molecule has 0 spiro atoms. The maximum Gasteiger partial charge on any atom is 0.410 e. The topological polar surface area (TPSA) is 51.2 Å². The maximum absolute atomic E-state index is 12.2. The van der Waals surface area contributed by atoms with Crippen LogP contribution in [-0.4, -0.2) is 60.9 Å². The zero-order valence-electron chi connectivity index (χ0n) is 15.4. The summed E-state index contributed by atoms with van der Waals surface area (Å²) in [6.07, 6.45) is -0.265. The molecule has 1 fully saturated rings. The van der Waals surface area contributed by atoms with Crippen LogP contribution in [0.5, 0.6) is 5.75 Å². The number of carbonyl (C=O) groups is 1. The van der Waals surface area contributed by atoms with Crippen molar-refractivity contribution >= 4 is 6.09 Å². The van der Waals surface area contributed by atoms with Crippen LogP contribution < -0.4 is 4.74 Å². The molecule has 138 valence electrons. The molecule has 1 aromatic carbocycles. The number of ether oxygens (including phenoxy) is 3. The van der Waals surface area contributed by atoms with Gasteiger partial charge in [0.05, 0.1) is 13.2 Å². The van der Waals surface area contributed by atoms with E-state index in [0.717, 1.165) is 49.7 Å². The summed E-state index contributed by atoms with van der Waals surface area (Å²) in [5.41, 5.74) is 1.82. The van der Waals surface area contributed by atoms with Gasteiger partial charge in [-0.3, -0.25) is 9.80 Å². The molecule has 1 amide bonds. The molecule has 1 aromatic rings. The molecule has 0 N–H and O–H groups in total. The Hall–Kier alpha value is -1.79. The first-order valence-electron chi connectivity index (χ1n) is 8.93. The summed E-state index contributed by atoms with van der Waals surface area (Å²) < 4.78 is 16.7. The zero-order chi connectivity index (χ0) is 17.9. The number of rotatable bonds is 4. The third-order valence-corrected chi connectivity index (χ3v) is 4.33. The van der Waals surface area contributed by atoms with E-state index in [9.17, 15) is 4.79 Å². The predicted octanol–water partition coefficient (Wildman–Crippen LogP) is 2.65. The van der Waals surface area contributed by atoms with E-state index < -0.39 is 5.60 Å². The molecule has 2 aliphatic rings. The van der Waals surface area contributed by atoms with Crippen molar-refractivity contribution in [3.63, 3.8) is 0 Å². The standard InChI is InChI=1S/C19H28N2O4/c1-19(2,3)25-18(22)21-13-15-4-5-17(12-16(15)14-21)24-11-8-20-6-9-23-10-7-20/h4-5,12H,6-11,13-14H2,1-3H3. The van der Waals surface area contributed by atoms with Gasteiger partial charge in [0.25, 0.3) is 0 Å². The average molecular weight is 348 g/mol. The van der Waals surface area contributed by atoms with E-state index in [1.807, 2.05) is 39.0 Å². The highest BCUT2D eigenvalue weighted by molar-refractivity contribution is 5.69. The van der Waals surface area contributed by atoms with E-state index in [2.05, 4.69) is 4.90 Å². The van der Waals surface area contributed by atoms with Crippen molar-refractivity contribution in [1.29, 1.82) is 0 Å². The van der Waals surface area contributed by atoms with Crippen molar-refractivity contribution in [2.45, 2.75) is 39.5 Å². The van der Waals surface area contributed by atoms with Crippen LogP contribution in [-0.2, 0) is 22.6 Å². The minimum Gasteiger partial charge on any atom is -0.492 e. The number of nitrogens with zero attached hydrogens (tertiary/aromatic N) is 2. The summed E-state index contributed by atoms with van der Waals surface area (Å²) in [6.45, 7) is 11.9. The highest BCUT2D eigenvalue weighted by atomic mass is 16.6. The van der Waals surface area contributed by atoms with Crippen molar-refractivity contribution in [3.05, 3.63) is 29.3 Å². The van der Waals surface area contributed by atoms with Gasteiger partial charge in [0.15, 0.2) is 0 Å². The van der Waals surface area contributed by atoms with Gasteiger partial charge in [-0.15, -0.1) is 0 Å². The number of amides is 1. The first kappa shape index (κ1) is 18.0. The molecule has 0 saturated carbocycles. The SMILES string of the molecule is CC(C)(C)OC(=O)N1Cc2ccc(OCCN3CCOCC3)cc2C1. The lowest BCUT2D eigenvalue weighted by Crippen LogP contribution is -2.38. The van der Waals surface area contributed by atoms with Crippen molar-refractivity contribution in [2.75, 3.05) is 39.5 Å². The Labute approximate surface area is 149 Å². The molecule has 1 saturated heterocycles. The van der Waals surface area contributed by atoms with Crippen LogP contribution in [0.2, 0.25) is 0 Å². The summed E-state index contributed by atoms with van der Waals surface area (Å²) in [6, 6.07) is 6.07. The molecule has 0 atom stereocenters. The summed E-state index contributed by atoms with van der Waals surface area (Å²) in [7, 11) is 0. The van der Waals surface area contributed by atoms with Gasteiger partial charge in [-0.2, -0.15) is 0 Å². The molecule has 6 heteroatoms. The number of hydrogen-bond acceptors (Lipinski definition) is 5.